The zero-order valence-electron chi connectivity index (χ0n) is 18.2. The van der Waals surface area contributed by atoms with Crippen LogP contribution in [-0.4, -0.2) is 35.5 Å². The van der Waals surface area contributed by atoms with Gasteiger partial charge < -0.3 is 5.11 Å². The van der Waals surface area contributed by atoms with Gasteiger partial charge in [-0.05, 0) is 37.1 Å². The summed E-state index contributed by atoms with van der Waals surface area (Å²) >= 11 is 0. The highest BCUT2D eigenvalue weighted by molar-refractivity contribution is 7.89. The lowest BCUT2D eigenvalue weighted by Crippen LogP contribution is -2.30. The van der Waals surface area contributed by atoms with Gasteiger partial charge in [0, 0.05) is 25.7 Å². The van der Waals surface area contributed by atoms with Crippen molar-refractivity contribution in [3.05, 3.63) is 45.7 Å². The van der Waals surface area contributed by atoms with Crippen molar-refractivity contribution in [3.63, 3.8) is 0 Å². The maximum absolute atomic E-state index is 12.6. The fourth-order valence-corrected chi connectivity index (χ4v) is 4.59. The van der Waals surface area contributed by atoms with E-state index in [0.29, 0.717) is 37.2 Å². The normalized spacial score (nSPS) is 11.9. The monoisotopic (exact) mass is 445 g/mol. The minimum atomic E-state index is -3.58. The number of nitriles is 1. The molecule has 2 aromatic rings. The first-order chi connectivity index (χ1) is 14.7. The van der Waals surface area contributed by atoms with Crippen molar-refractivity contribution in [1.82, 2.24) is 8.87 Å². The molecule has 0 radical (unpaired) electrons. The molecule has 0 bridgehead atoms. The Hall–Kier alpha value is -3.03. The number of sulfonamides is 1. The van der Waals surface area contributed by atoms with Crippen LogP contribution in [0.5, 0.6) is 5.88 Å². The van der Waals surface area contributed by atoms with E-state index in [0.717, 1.165) is 11.0 Å². The van der Waals surface area contributed by atoms with Crippen LogP contribution in [0, 0.1) is 11.3 Å². The number of unbranched alkanes of at least 4 members (excludes halogenated alkanes) is 1. The third kappa shape index (κ3) is 5.00. The van der Waals surface area contributed by atoms with E-state index < -0.39 is 21.5 Å². The van der Waals surface area contributed by atoms with E-state index >= 15 is 0 Å². The highest BCUT2D eigenvalue weighted by Crippen LogP contribution is 2.29. The molecule has 10 heteroatoms. The molecule has 0 fully saturated rings. The average molecular weight is 446 g/mol. The average Bonchev–Trinajstić information content (AvgIpc) is 2.76. The van der Waals surface area contributed by atoms with E-state index in [1.165, 1.54) is 35.6 Å². The van der Waals surface area contributed by atoms with E-state index in [2.05, 4.69) is 10.2 Å². The van der Waals surface area contributed by atoms with Gasteiger partial charge in [-0.2, -0.15) is 14.7 Å². The molecular weight excluding hydrogens is 418 g/mol. The topological polar surface area (TPSA) is 128 Å². The second kappa shape index (κ2) is 10.3. The number of benzene rings is 1. The van der Waals surface area contributed by atoms with E-state index in [1.807, 2.05) is 13.0 Å². The summed E-state index contributed by atoms with van der Waals surface area (Å²) in [5.41, 5.74) is 0.144. The molecule has 0 aliphatic heterocycles. The first-order valence-electron chi connectivity index (χ1n) is 10.1. The molecular formula is C21H27N5O4S. The van der Waals surface area contributed by atoms with Crippen LogP contribution in [-0.2, 0) is 23.5 Å². The number of aromatic hydroxyl groups is 1. The van der Waals surface area contributed by atoms with E-state index in [9.17, 15) is 23.6 Å². The van der Waals surface area contributed by atoms with Gasteiger partial charge in [0.1, 0.15) is 11.6 Å². The number of rotatable bonds is 9. The number of hydrogen-bond donors (Lipinski definition) is 1. The van der Waals surface area contributed by atoms with Gasteiger partial charge in [0.2, 0.25) is 15.9 Å². The van der Waals surface area contributed by atoms with E-state index in [4.69, 9.17) is 0 Å². The van der Waals surface area contributed by atoms with Gasteiger partial charge in [-0.15, -0.1) is 5.11 Å². The summed E-state index contributed by atoms with van der Waals surface area (Å²) < 4.78 is 27.5. The molecule has 1 aromatic carbocycles. The van der Waals surface area contributed by atoms with Crippen molar-refractivity contribution in [3.8, 4) is 11.9 Å². The van der Waals surface area contributed by atoms with Crippen molar-refractivity contribution >= 4 is 21.4 Å². The van der Waals surface area contributed by atoms with Gasteiger partial charge in [-0.3, -0.25) is 9.36 Å². The first-order valence-corrected chi connectivity index (χ1v) is 11.5. The van der Waals surface area contributed by atoms with Gasteiger partial charge in [-0.25, -0.2) is 8.42 Å². The lowest BCUT2D eigenvalue weighted by Gasteiger charge is -2.18. The van der Waals surface area contributed by atoms with Crippen LogP contribution < -0.4 is 5.56 Å². The highest BCUT2D eigenvalue weighted by atomic mass is 32.2. The highest BCUT2D eigenvalue weighted by Gasteiger charge is 2.22. The molecule has 0 saturated carbocycles. The van der Waals surface area contributed by atoms with Crippen LogP contribution in [0.15, 0.2) is 44.2 Å². The quantitative estimate of drug-likeness (QED) is 0.588. The van der Waals surface area contributed by atoms with E-state index in [-0.39, 0.29) is 16.1 Å². The molecule has 0 unspecified atom stereocenters. The Morgan fingerprint density at radius 2 is 1.74 bits per heavy atom. The lowest BCUT2D eigenvalue weighted by molar-refractivity contribution is 0.420. The fourth-order valence-electron chi connectivity index (χ4n) is 3.13. The van der Waals surface area contributed by atoms with Crippen molar-refractivity contribution in [2.75, 3.05) is 13.1 Å². The van der Waals surface area contributed by atoms with Crippen molar-refractivity contribution in [2.24, 2.45) is 17.3 Å². The minimum absolute atomic E-state index is 0.00478. The molecule has 1 aromatic heterocycles. The second-order valence-corrected chi connectivity index (χ2v) is 8.83. The zero-order valence-corrected chi connectivity index (χ0v) is 19.0. The molecule has 9 nitrogen and oxygen atoms in total. The Kier molecular flexibility index (Phi) is 8.08. The Morgan fingerprint density at radius 1 is 1.13 bits per heavy atom. The molecule has 0 saturated heterocycles. The van der Waals surface area contributed by atoms with Crippen LogP contribution in [0.3, 0.4) is 0 Å². The Labute approximate surface area is 182 Å². The van der Waals surface area contributed by atoms with Gasteiger partial charge in [-0.1, -0.05) is 27.2 Å². The van der Waals surface area contributed by atoms with Crippen LogP contribution in [0.1, 0.15) is 44.7 Å². The predicted octanol–water partition coefficient (Wildman–Crippen LogP) is 3.75. The zero-order chi connectivity index (χ0) is 23.2. The van der Waals surface area contributed by atoms with Crippen molar-refractivity contribution in [1.29, 1.82) is 5.26 Å². The lowest BCUT2D eigenvalue weighted by atomic mass is 10.0. The molecule has 0 aliphatic rings. The fraction of sp³-hybridized carbons (Fsp3) is 0.429. The van der Waals surface area contributed by atoms with Gasteiger partial charge >= 0.3 is 0 Å². The number of hydrogen-bond acceptors (Lipinski definition) is 7. The Bertz CT molecular complexity index is 1160. The van der Waals surface area contributed by atoms with Gasteiger partial charge in [0.25, 0.3) is 5.56 Å². The molecule has 0 spiro atoms. The van der Waals surface area contributed by atoms with Crippen molar-refractivity contribution < 1.29 is 13.5 Å². The van der Waals surface area contributed by atoms with Crippen LogP contribution >= 0.6 is 0 Å². The maximum atomic E-state index is 12.6. The summed E-state index contributed by atoms with van der Waals surface area (Å²) in [5, 5.41) is 27.8. The third-order valence-corrected chi connectivity index (χ3v) is 7.04. The summed E-state index contributed by atoms with van der Waals surface area (Å²) in [5.74, 6) is -0.400. The van der Waals surface area contributed by atoms with Crippen LogP contribution in [0.25, 0.3) is 0 Å². The maximum Gasteiger partial charge on any atom is 0.281 e. The van der Waals surface area contributed by atoms with E-state index in [1.54, 1.807) is 13.8 Å². The standard InChI is InChI=1S/C21H27N5O4S/c1-5-8-9-17-18(14-22)20(27)25(4)21(28)19(17)24-23-15-10-12-16(13-11-15)31(29,30)26(6-2)7-3/h10-13,27H,5-9H2,1-4H3. The Morgan fingerprint density at radius 3 is 2.26 bits per heavy atom. The van der Waals surface area contributed by atoms with Crippen LogP contribution in [0.4, 0.5) is 11.4 Å². The second-order valence-electron chi connectivity index (χ2n) is 6.89. The van der Waals surface area contributed by atoms with Gasteiger partial charge in [0.05, 0.1) is 10.6 Å². The third-order valence-electron chi connectivity index (χ3n) is 4.97. The predicted molar refractivity (Wildman–Crippen MR) is 117 cm³/mol. The number of azo groups is 1. The summed E-state index contributed by atoms with van der Waals surface area (Å²) in [7, 11) is -2.23. The molecule has 1 N–H and O–H groups in total. The summed E-state index contributed by atoms with van der Waals surface area (Å²) in [6.07, 6.45) is 1.94. The number of nitrogens with zero attached hydrogens (tertiary/aromatic N) is 5. The van der Waals surface area contributed by atoms with Crippen LogP contribution in [0.2, 0.25) is 0 Å². The largest absolute Gasteiger partial charge is 0.493 e. The summed E-state index contributed by atoms with van der Waals surface area (Å²) in [4.78, 5) is 12.8. The molecule has 0 aliphatic carbocycles. The molecule has 166 valence electrons. The smallest absolute Gasteiger partial charge is 0.281 e. The number of pyridine rings is 1. The molecule has 31 heavy (non-hydrogen) atoms. The summed E-state index contributed by atoms with van der Waals surface area (Å²) in [6.45, 7) is 6.25. The Balaban J connectivity index is 2.47. The SMILES string of the molecule is CCCCc1c(C#N)c(O)n(C)c(=O)c1N=Nc1ccc(S(=O)(=O)N(CC)CC)cc1. The minimum Gasteiger partial charge on any atom is -0.493 e. The van der Waals surface area contributed by atoms with Crippen molar-refractivity contribution in [2.45, 2.75) is 44.9 Å². The summed E-state index contributed by atoms with van der Waals surface area (Å²) in [6, 6.07) is 7.83. The van der Waals surface area contributed by atoms with Gasteiger partial charge in [0.15, 0.2) is 5.69 Å². The molecule has 1 heterocycles. The molecule has 2 rings (SSSR count). The molecule has 0 amide bonds. The number of aromatic nitrogens is 1. The first kappa shape index (κ1) is 24.2. The molecule has 0 atom stereocenters.